The minimum absolute atomic E-state index is 0.0523. The van der Waals surface area contributed by atoms with Gasteiger partial charge in [-0.3, -0.25) is 14.5 Å². The first kappa shape index (κ1) is 24.5. The van der Waals surface area contributed by atoms with Crippen LogP contribution in [0.5, 0.6) is 0 Å². The van der Waals surface area contributed by atoms with Crippen LogP contribution in [0, 0.1) is 19.3 Å². The van der Waals surface area contributed by atoms with Gasteiger partial charge in [-0.15, -0.1) is 0 Å². The van der Waals surface area contributed by atoms with E-state index in [2.05, 4.69) is 96.7 Å². The number of nitrogens with one attached hydrogen (secondary N) is 1. The monoisotopic (exact) mass is 517 g/mol. The van der Waals surface area contributed by atoms with Crippen LogP contribution in [0.25, 0.3) is 6.08 Å². The fourth-order valence-corrected chi connectivity index (χ4v) is 8.31. The molecule has 4 atom stereocenters. The highest BCUT2D eigenvalue weighted by atomic mass is 16.2. The van der Waals surface area contributed by atoms with E-state index in [-0.39, 0.29) is 23.7 Å². The van der Waals surface area contributed by atoms with Crippen molar-refractivity contribution in [2.24, 2.45) is 5.41 Å². The van der Waals surface area contributed by atoms with Gasteiger partial charge in [0.05, 0.1) is 5.41 Å². The van der Waals surface area contributed by atoms with Crippen LogP contribution >= 0.6 is 0 Å². The molecule has 2 spiro atoms. The molecule has 5 nitrogen and oxygen atoms in total. The van der Waals surface area contributed by atoms with E-state index in [0.717, 1.165) is 47.3 Å². The van der Waals surface area contributed by atoms with Crippen LogP contribution in [0.15, 0.2) is 78.4 Å². The highest BCUT2D eigenvalue weighted by molar-refractivity contribution is 6.16. The second kappa shape index (κ2) is 8.73. The highest BCUT2D eigenvalue weighted by Gasteiger charge is 2.78. The molecule has 198 valence electrons. The number of piperidine rings is 1. The van der Waals surface area contributed by atoms with E-state index in [1.807, 2.05) is 18.2 Å². The number of aryl methyl sites for hydroxylation is 2. The van der Waals surface area contributed by atoms with E-state index < -0.39 is 11.0 Å². The number of benzene rings is 3. The van der Waals surface area contributed by atoms with Crippen molar-refractivity contribution < 1.29 is 9.59 Å². The van der Waals surface area contributed by atoms with Crippen molar-refractivity contribution in [2.75, 3.05) is 32.0 Å². The van der Waals surface area contributed by atoms with Gasteiger partial charge in [-0.1, -0.05) is 77.9 Å². The zero-order valence-electron chi connectivity index (χ0n) is 22.9. The molecule has 3 aromatic carbocycles. The van der Waals surface area contributed by atoms with E-state index in [1.54, 1.807) is 0 Å². The lowest BCUT2D eigenvalue weighted by atomic mass is 9.55. The summed E-state index contributed by atoms with van der Waals surface area (Å²) in [7, 11) is 2.10. The Bertz CT molecular complexity index is 1510. The number of anilines is 1. The quantitative estimate of drug-likeness (QED) is 0.469. The second-order valence-corrected chi connectivity index (χ2v) is 12.1. The van der Waals surface area contributed by atoms with Gasteiger partial charge in [-0.05, 0) is 63.6 Å². The number of Topliss-reactive ketones (excluding diaryl/α,β-unsaturated/α-hetero) is 1. The third-order valence-electron chi connectivity index (χ3n) is 9.70. The molecule has 4 heterocycles. The Morgan fingerprint density at radius 2 is 1.62 bits per heavy atom. The van der Waals surface area contributed by atoms with Crippen LogP contribution < -0.4 is 5.32 Å². The summed E-state index contributed by atoms with van der Waals surface area (Å²) in [4.78, 5) is 34.5. The number of likely N-dealkylation sites (N-methyl/N-ethyl adjacent to an activating group) is 1. The summed E-state index contributed by atoms with van der Waals surface area (Å²) in [6.45, 7) is 6.08. The Kier molecular flexibility index (Phi) is 5.49. The Balaban J connectivity index is 1.52. The van der Waals surface area contributed by atoms with Crippen molar-refractivity contribution in [3.63, 3.8) is 0 Å². The molecular formula is C34H35N3O2. The number of hydrogen-bond acceptors (Lipinski definition) is 4. The summed E-state index contributed by atoms with van der Waals surface area (Å²) in [5.74, 6) is -0.0364. The molecule has 7 rings (SSSR count). The summed E-state index contributed by atoms with van der Waals surface area (Å²) in [5, 5.41) is 3.23. The molecule has 1 N–H and O–H groups in total. The second-order valence-electron chi connectivity index (χ2n) is 12.1. The van der Waals surface area contributed by atoms with Crippen LogP contribution in [0.1, 0.15) is 46.6 Å². The fourth-order valence-electron chi connectivity index (χ4n) is 8.31. The summed E-state index contributed by atoms with van der Waals surface area (Å²) in [6, 6.07) is 25.2. The maximum Gasteiger partial charge on any atom is 0.250 e. The number of carbonyl (C=O) groups is 2. The molecule has 3 aromatic rings. The van der Waals surface area contributed by atoms with Crippen LogP contribution in [-0.2, 0) is 15.1 Å². The number of amides is 1. The first-order chi connectivity index (χ1) is 18.9. The number of para-hydroxylation sites is 1. The lowest BCUT2D eigenvalue weighted by molar-refractivity contribution is -0.147. The van der Waals surface area contributed by atoms with Crippen molar-refractivity contribution in [1.82, 2.24) is 9.80 Å². The largest absolute Gasteiger partial charge is 0.324 e. The van der Waals surface area contributed by atoms with Gasteiger partial charge in [0.1, 0.15) is 5.54 Å². The lowest BCUT2D eigenvalue weighted by Crippen LogP contribution is -2.65. The van der Waals surface area contributed by atoms with Gasteiger partial charge >= 0.3 is 0 Å². The molecule has 5 heteroatoms. The molecular weight excluding hydrogens is 482 g/mol. The third kappa shape index (κ3) is 3.26. The van der Waals surface area contributed by atoms with E-state index in [9.17, 15) is 4.79 Å². The van der Waals surface area contributed by atoms with Crippen LogP contribution in [0.2, 0.25) is 0 Å². The molecule has 4 aliphatic heterocycles. The van der Waals surface area contributed by atoms with Crippen LogP contribution in [0.3, 0.4) is 0 Å². The summed E-state index contributed by atoms with van der Waals surface area (Å²) in [6.07, 6.45) is 4.06. The number of nitrogens with zero attached hydrogens (tertiary/aromatic N) is 2. The molecule has 3 saturated heterocycles. The third-order valence-corrected chi connectivity index (χ3v) is 9.70. The predicted molar refractivity (Wildman–Crippen MR) is 154 cm³/mol. The number of hydrogen-bond donors (Lipinski definition) is 1. The van der Waals surface area contributed by atoms with Gasteiger partial charge in [0.15, 0.2) is 5.78 Å². The van der Waals surface area contributed by atoms with Gasteiger partial charge in [0, 0.05) is 41.9 Å². The van der Waals surface area contributed by atoms with E-state index in [4.69, 9.17) is 0 Å². The Morgan fingerprint density at radius 1 is 0.923 bits per heavy atom. The van der Waals surface area contributed by atoms with Crippen molar-refractivity contribution in [3.8, 4) is 0 Å². The van der Waals surface area contributed by atoms with Gasteiger partial charge in [-0.2, -0.15) is 0 Å². The normalized spacial score (nSPS) is 31.3. The van der Waals surface area contributed by atoms with E-state index in [1.165, 1.54) is 11.1 Å². The Morgan fingerprint density at radius 3 is 2.36 bits per heavy atom. The SMILES string of the molecule is Cc1ccc(/C=C2\CN(C)C[C@@]3(C2=O)[C@@H](c2ccc(C)cc2)[C@@H]2CCCN2[C@@]32C(=O)Nc3ccccc32)cc1. The number of carbonyl (C=O) groups excluding carboxylic acids is 2. The number of ketones is 1. The topological polar surface area (TPSA) is 52.7 Å². The molecule has 0 bridgehead atoms. The summed E-state index contributed by atoms with van der Waals surface area (Å²) >= 11 is 0. The minimum atomic E-state index is -1.06. The van der Waals surface area contributed by atoms with Crippen molar-refractivity contribution >= 4 is 23.5 Å². The Labute approximate surface area is 230 Å². The zero-order valence-corrected chi connectivity index (χ0v) is 22.9. The van der Waals surface area contributed by atoms with Crippen molar-refractivity contribution in [1.29, 1.82) is 0 Å². The average Bonchev–Trinajstić information content (AvgIpc) is 3.57. The molecule has 39 heavy (non-hydrogen) atoms. The molecule has 0 unspecified atom stereocenters. The molecule has 0 aliphatic carbocycles. The smallest absolute Gasteiger partial charge is 0.250 e. The van der Waals surface area contributed by atoms with Gasteiger partial charge in [0.2, 0.25) is 0 Å². The van der Waals surface area contributed by atoms with Crippen molar-refractivity contribution in [3.05, 3.63) is 106 Å². The minimum Gasteiger partial charge on any atom is -0.324 e. The van der Waals surface area contributed by atoms with Crippen LogP contribution in [0.4, 0.5) is 5.69 Å². The summed E-state index contributed by atoms with van der Waals surface area (Å²) in [5.41, 5.74) is 5.11. The molecule has 0 aromatic heterocycles. The van der Waals surface area contributed by atoms with E-state index >= 15 is 4.79 Å². The maximum absolute atomic E-state index is 15.3. The Hall–Kier alpha value is -3.54. The standard InChI is InChI=1S/C34H35N3O2/c1-22-10-14-24(15-11-22)19-26-20-36(3)21-33(31(26)38)30(25-16-12-23(2)13-17-25)29-9-6-18-37(29)34(33)27-7-4-5-8-28(27)35-32(34)39/h4-5,7-8,10-17,19,29-30H,6,9,18,20-21H2,1-3H3,(H,35,39)/b26-19+/t29-,30-,33-,34-/m0/s1. The van der Waals surface area contributed by atoms with Crippen LogP contribution in [-0.4, -0.2) is 54.2 Å². The number of rotatable bonds is 2. The van der Waals surface area contributed by atoms with Gasteiger partial charge in [-0.25, -0.2) is 0 Å². The predicted octanol–water partition coefficient (Wildman–Crippen LogP) is 5.30. The molecule has 4 aliphatic rings. The van der Waals surface area contributed by atoms with Crippen molar-refractivity contribution in [2.45, 2.75) is 44.2 Å². The highest BCUT2D eigenvalue weighted by Crippen LogP contribution is 2.68. The maximum atomic E-state index is 15.3. The molecule has 1 amide bonds. The van der Waals surface area contributed by atoms with Gasteiger partial charge < -0.3 is 10.2 Å². The zero-order chi connectivity index (χ0) is 26.9. The first-order valence-electron chi connectivity index (χ1n) is 14.1. The summed E-state index contributed by atoms with van der Waals surface area (Å²) < 4.78 is 0. The lowest BCUT2D eigenvalue weighted by Gasteiger charge is -2.51. The molecule has 0 radical (unpaired) electrons. The van der Waals surface area contributed by atoms with Gasteiger partial charge in [0.25, 0.3) is 5.91 Å². The average molecular weight is 518 g/mol. The number of fused-ring (bicyclic) bond motifs is 5. The van der Waals surface area contributed by atoms with E-state index in [0.29, 0.717) is 13.1 Å². The number of likely N-dealkylation sites (tertiary alicyclic amines) is 1. The fraction of sp³-hybridized carbons (Fsp3) is 0.353. The molecule has 0 saturated carbocycles. The first-order valence-corrected chi connectivity index (χ1v) is 14.1. The molecule has 3 fully saturated rings.